The third-order valence-corrected chi connectivity index (χ3v) is 7.27. The number of nitrogens with zero attached hydrogens (tertiary/aromatic N) is 3. The molecule has 2 saturated heterocycles. The Morgan fingerprint density at radius 3 is 2.61 bits per heavy atom. The summed E-state index contributed by atoms with van der Waals surface area (Å²) in [5.41, 5.74) is 4.26. The van der Waals surface area contributed by atoms with Crippen LogP contribution in [0.15, 0.2) is 54.6 Å². The molecule has 2 aromatic carbocycles. The molecule has 1 aromatic heterocycles. The second-order valence-corrected chi connectivity index (χ2v) is 9.56. The molecule has 0 unspecified atom stereocenters. The van der Waals surface area contributed by atoms with Gasteiger partial charge in [-0.25, -0.2) is 9.48 Å². The first-order chi connectivity index (χ1) is 17.5. The summed E-state index contributed by atoms with van der Waals surface area (Å²) >= 11 is 0. The van der Waals surface area contributed by atoms with E-state index in [0.29, 0.717) is 31.9 Å². The molecule has 6 rings (SSSR count). The van der Waals surface area contributed by atoms with Crippen molar-refractivity contribution in [2.75, 3.05) is 25.1 Å². The number of aromatic nitrogens is 2. The maximum Gasteiger partial charge on any atom is 0.325 e. The lowest BCUT2D eigenvalue weighted by atomic mass is 9.90. The Labute approximate surface area is 208 Å². The molecule has 0 saturated carbocycles. The third kappa shape index (κ3) is 3.95. The van der Waals surface area contributed by atoms with Gasteiger partial charge in [-0.3, -0.25) is 14.5 Å². The van der Waals surface area contributed by atoms with Crippen LogP contribution in [0.2, 0.25) is 0 Å². The second kappa shape index (κ2) is 8.91. The Balaban J connectivity index is 1.26. The number of para-hydroxylation sites is 1. The van der Waals surface area contributed by atoms with Gasteiger partial charge in [0.1, 0.15) is 17.9 Å². The first-order valence-corrected chi connectivity index (χ1v) is 12.3. The number of nitrogens with one attached hydrogen (secondary N) is 2. The minimum atomic E-state index is -0.970. The van der Waals surface area contributed by atoms with E-state index in [9.17, 15) is 14.4 Å². The number of hydrogen-bond donors (Lipinski definition) is 2. The van der Waals surface area contributed by atoms with Crippen LogP contribution in [-0.4, -0.2) is 57.8 Å². The van der Waals surface area contributed by atoms with Crippen molar-refractivity contribution in [2.24, 2.45) is 0 Å². The first kappa shape index (κ1) is 22.5. The molecule has 2 N–H and O–H groups in total. The highest BCUT2D eigenvalue weighted by molar-refractivity contribution is 6.10. The molecule has 0 atom stereocenters. The molecule has 9 nitrogen and oxygen atoms in total. The van der Waals surface area contributed by atoms with Crippen LogP contribution >= 0.6 is 0 Å². The van der Waals surface area contributed by atoms with Gasteiger partial charge >= 0.3 is 6.03 Å². The number of aryl methyl sites for hydroxylation is 2. The molecule has 4 amide bonds. The van der Waals surface area contributed by atoms with E-state index in [4.69, 9.17) is 9.84 Å². The standard InChI is InChI=1S/C27H27N5O4/c33-24(17-31-25(34)27(29-26(31)35)11-13-36-14-12-27)28-23-16-22(30-32(23)21-7-2-1-3-8-21)20-10-9-18-5-4-6-19(18)15-20/h1-3,7-10,15-16H,4-6,11-14,17H2,(H,28,33)(H,29,35). The van der Waals surface area contributed by atoms with E-state index < -0.39 is 17.5 Å². The lowest BCUT2D eigenvalue weighted by Crippen LogP contribution is -2.51. The quantitative estimate of drug-likeness (QED) is 0.541. The van der Waals surface area contributed by atoms with Crippen LogP contribution in [0.1, 0.15) is 30.4 Å². The zero-order valence-electron chi connectivity index (χ0n) is 19.8. The van der Waals surface area contributed by atoms with Crippen LogP contribution in [0.4, 0.5) is 10.6 Å². The number of carbonyl (C=O) groups excluding carboxylic acids is 3. The number of benzene rings is 2. The van der Waals surface area contributed by atoms with Crippen molar-refractivity contribution in [3.63, 3.8) is 0 Å². The molecular formula is C27H27N5O4. The summed E-state index contributed by atoms with van der Waals surface area (Å²) in [5.74, 6) is -0.379. The summed E-state index contributed by atoms with van der Waals surface area (Å²) in [6, 6.07) is 17.2. The van der Waals surface area contributed by atoms with E-state index in [1.165, 1.54) is 11.1 Å². The van der Waals surface area contributed by atoms with Gasteiger partial charge in [0, 0.05) is 37.7 Å². The SMILES string of the molecule is O=C(CN1C(=O)NC2(CCOCC2)C1=O)Nc1cc(-c2ccc3c(c2)CCC3)nn1-c1ccccc1. The van der Waals surface area contributed by atoms with E-state index in [2.05, 4.69) is 28.8 Å². The summed E-state index contributed by atoms with van der Waals surface area (Å²) in [6.45, 7) is 0.420. The van der Waals surface area contributed by atoms with Gasteiger partial charge in [-0.2, -0.15) is 5.10 Å². The fourth-order valence-corrected chi connectivity index (χ4v) is 5.31. The number of imide groups is 1. The topological polar surface area (TPSA) is 106 Å². The van der Waals surface area contributed by atoms with Crippen LogP contribution in [0.5, 0.6) is 0 Å². The van der Waals surface area contributed by atoms with Crippen LogP contribution < -0.4 is 10.6 Å². The predicted molar refractivity (Wildman–Crippen MR) is 133 cm³/mol. The highest BCUT2D eigenvalue weighted by Gasteiger charge is 2.52. The molecule has 1 aliphatic carbocycles. The van der Waals surface area contributed by atoms with Gasteiger partial charge in [-0.05, 0) is 48.6 Å². The van der Waals surface area contributed by atoms with Crippen molar-refractivity contribution in [1.82, 2.24) is 20.0 Å². The Bertz CT molecular complexity index is 1340. The van der Waals surface area contributed by atoms with E-state index in [1.807, 2.05) is 36.4 Å². The van der Waals surface area contributed by atoms with Crippen molar-refractivity contribution in [3.8, 4) is 16.9 Å². The Morgan fingerprint density at radius 1 is 1.03 bits per heavy atom. The minimum Gasteiger partial charge on any atom is -0.381 e. The molecule has 1 spiro atoms. The summed E-state index contributed by atoms with van der Waals surface area (Å²) in [5, 5.41) is 10.4. The number of carbonyl (C=O) groups is 3. The van der Waals surface area contributed by atoms with Gasteiger partial charge in [-0.1, -0.05) is 30.3 Å². The zero-order valence-corrected chi connectivity index (χ0v) is 19.8. The van der Waals surface area contributed by atoms with Crippen molar-refractivity contribution in [2.45, 2.75) is 37.6 Å². The van der Waals surface area contributed by atoms with Gasteiger partial charge in [0.15, 0.2) is 0 Å². The number of hydrogen-bond acceptors (Lipinski definition) is 5. The summed E-state index contributed by atoms with van der Waals surface area (Å²) in [6.07, 6.45) is 4.13. The molecule has 9 heteroatoms. The highest BCUT2D eigenvalue weighted by Crippen LogP contribution is 2.31. The monoisotopic (exact) mass is 485 g/mol. The van der Waals surface area contributed by atoms with Gasteiger partial charge in [0.25, 0.3) is 5.91 Å². The van der Waals surface area contributed by atoms with Crippen molar-refractivity contribution >= 4 is 23.7 Å². The maximum absolute atomic E-state index is 13.1. The number of ether oxygens (including phenoxy) is 1. The van der Waals surface area contributed by atoms with Crippen LogP contribution in [0.25, 0.3) is 16.9 Å². The number of fused-ring (bicyclic) bond motifs is 1. The molecule has 0 bridgehead atoms. The molecule has 36 heavy (non-hydrogen) atoms. The molecule has 3 heterocycles. The molecular weight excluding hydrogens is 458 g/mol. The fraction of sp³-hybridized carbons (Fsp3) is 0.333. The van der Waals surface area contributed by atoms with Crippen molar-refractivity contribution < 1.29 is 19.1 Å². The lowest BCUT2D eigenvalue weighted by molar-refractivity contribution is -0.136. The molecule has 184 valence electrons. The second-order valence-electron chi connectivity index (χ2n) is 9.56. The summed E-state index contributed by atoms with van der Waals surface area (Å²) in [7, 11) is 0. The average molecular weight is 486 g/mol. The largest absolute Gasteiger partial charge is 0.381 e. The number of anilines is 1. The Morgan fingerprint density at radius 2 is 1.81 bits per heavy atom. The number of rotatable bonds is 5. The normalized spacial score (nSPS) is 18.4. The maximum atomic E-state index is 13.1. The van der Waals surface area contributed by atoms with Gasteiger partial charge < -0.3 is 15.4 Å². The fourth-order valence-electron chi connectivity index (χ4n) is 5.31. The summed E-state index contributed by atoms with van der Waals surface area (Å²) < 4.78 is 7.02. The van der Waals surface area contributed by atoms with Gasteiger partial charge in [-0.15, -0.1) is 0 Å². The highest BCUT2D eigenvalue weighted by atomic mass is 16.5. The molecule has 0 radical (unpaired) electrons. The molecule has 3 aliphatic rings. The van der Waals surface area contributed by atoms with Crippen LogP contribution in [-0.2, 0) is 27.2 Å². The van der Waals surface area contributed by atoms with Crippen molar-refractivity contribution in [3.05, 3.63) is 65.7 Å². The van der Waals surface area contributed by atoms with Crippen molar-refractivity contribution in [1.29, 1.82) is 0 Å². The molecule has 3 aromatic rings. The van der Waals surface area contributed by atoms with Crippen LogP contribution in [0, 0.1) is 0 Å². The Hall–Kier alpha value is -3.98. The third-order valence-electron chi connectivity index (χ3n) is 7.27. The lowest BCUT2D eigenvalue weighted by Gasteiger charge is -2.30. The van der Waals surface area contributed by atoms with E-state index in [1.54, 1.807) is 4.68 Å². The van der Waals surface area contributed by atoms with E-state index in [0.717, 1.165) is 41.1 Å². The number of urea groups is 1. The first-order valence-electron chi connectivity index (χ1n) is 12.3. The zero-order chi connectivity index (χ0) is 24.7. The average Bonchev–Trinajstić information content (AvgIpc) is 3.59. The van der Waals surface area contributed by atoms with Crippen LogP contribution in [0.3, 0.4) is 0 Å². The summed E-state index contributed by atoms with van der Waals surface area (Å²) in [4.78, 5) is 39.7. The van der Waals surface area contributed by atoms with E-state index >= 15 is 0 Å². The Kier molecular flexibility index (Phi) is 5.56. The smallest absolute Gasteiger partial charge is 0.325 e. The molecule has 2 fully saturated rings. The predicted octanol–water partition coefficient (Wildman–Crippen LogP) is 3.07. The molecule has 2 aliphatic heterocycles. The minimum absolute atomic E-state index is 0.374. The number of amides is 4. The van der Waals surface area contributed by atoms with Gasteiger partial charge in [0.05, 0.1) is 11.4 Å². The van der Waals surface area contributed by atoms with E-state index in [-0.39, 0.29) is 12.5 Å². The van der Waals surface area contributed by atoms with Gasteiger partial charge in [0.2, 0.25) is 5.91 Å².